The SMILES string of the molecule is O=C(O)CC1(NC(=O)OCc2ccccc2)C[C@@H]2OCC[C@@H]21. The summed E-state index contributed by atoms with van der Waals surface area (Å²) in [5.41, 5.74) is 0.154. The van der Waals surface area contributed by atoms with Gasteiger partial charge in [-0.1, -0.05) is 30.3 Å². The Hall–Kier alpha value is -2.08. The van der Waals surface area contributed by atoms with E-state index >= 15 is 0 Å². The van der Waals surface area contributed by atoms with Gasteiger partial charge in [0.15, 0.2) is 0 Å². The van der Waals surface area contributed by atoms with Gasteiger partial charge in [0.2, 0.25) is 0 Å². The van der Waals surface area contributed by atoms with Crippen LogP contribution in [0, 0.1) is 5.92 Å². The summed E-state index contributed by atoms with van der Waals surface area (Å²) in [5.74, 6) is -0.860. The smallest absolute Gasteiger partial charge is 0.407 e. The summed E-state index contributed by atoms with van der Waals surface area (Å²) in [6, 6.07) is 9.36. The molecule has 2 N–H and O–H groups in total. The molecule has 1 saturated heterocycles. The fourth-order valence-corrected chi connectivity index (χ4v) is 3.46. The standard InChI is InChI=1S/C16H19NO5/c18-14(19)9-16(8-13-12(16)6-7-21-13)17-15(20)22-10-11-4-2-1-3-5-11/h1-5,12-13H,6-10H2,(H,17,20)(H,18,19)/t12-,13-,16?/m0/s1. The number of ether oxygens (including phenoxy) is 2. The van der Waals surface area contributed by atoms with Gasteiger partial charge in [-0.3, -0.25) is 4.79 Å². The number of alkyl carbamates (subject to hydrolysis) is 1. The molecule has 1 amide bonds. The quantitative estimate of drug-likeness (QED) is 0.868. The molecule has 1 saturated carbocycles. The van der Waals surface area contributed by atoms with Gasteiger partial charge in [-0.15, -0.1) is 0 Å². The first-order chi connectivity index (χ1) is 10.6. The Balaban J connectivity index is 1.59. The number of amides is 1. The molecule has 0 spiro atoms. The van der Waals surface area contributed by atoms with E-state index in [-0.39, 0.29) is 25.0 Å². The van der Waals surface area contributed by atoms with E-state index in [2.05, 4.69) is 5.32 Å². The first-order valence-electron chi connectivity index (χ1n) is 7.41. The number of fused-ring (bicyclic) bond motifs is 1. The van der Waals surface area contributed by atoms with Gasteiger partial charge in [0.25, 0.3) is 0 Å². The predicted molar refractivity (Wildman–Crippen MR) is 77.2 cm³/mol. The molecule has 1 heterocycles. The van der Waals surface area contributed by atoms with Crippen LogP contribution < -0.4 is 5.32 Å². The zero-order valence-corrected chi connectivity index (χ0v) is 12.2. The van der Waals surface area contributed by atoms with Crippen molar-refractivity contribution in [3.05, 3.63) is 35.9 Å². The summed E-state index contributed by atoms with van der Waals surface area (Å²) >= 11 is 0. The Morgan fingerprint density at radius 1 is 1.36 bits per heavy atom. The van der Waals surface area contributed by atoms with Crippen LogP contribution in [0.5, 0.6) is 0 Å². The largest absolute Gasteiger partial charge is 0.481 e. The Morgan fingerprint density at radius 3 is 2.82 bits per heavy atom. The fourth-order valence-electron chi connectivity index (χ4n) is 3.46. The van der Waals surface area contributed by atoms with Crippen molar-refractivity contribution < 1.29 is 24.2 Å². The minimum absolute atomic E-state index is 0.0628. The van der Waals surface area contributed by atoms with E-state index in [9.17, 15) is 9.59 Å². The molecule has 6 nitrogen and oxygen atoms in total. The minimum Gasteiger partial charge on any atom is -0.481 e. The lowest BCUT2D eigenvalue weighted by atomic mass is 9.62. The number of hydrogen-bond acceptors (Lipinski definition) is 4. The first kappa shape index (κ1) is 14.8. The molecular weight excluding hydrogens is 286 g/mol. The van der Waals surface area contributed by atoms with Crippen molar-refractivity contribution in [3.63, 3.8) is 0 Å². The second kappa shape index (κ2) is 5.96. The third-order valence-corrected chi connectivity index (χ3v) is 4.52. The summed E-state index contributed by atoms with van der Waals surface area (Å²) in [7, 11) is 0. The molecule has 0 bridgehead atoms. The van der Waals surface area contributed by atoms with E-state index in [0.29, 0.717) is 13.0 Å². The van der Waals surface area contributed by atoms with Crippen molar-refractivity contribution in [2.24, 2.45) is 5.92 Å². The number of carbonyl (C=O) groups excluding carboxylic acids is 1. The van der Waals surface area contributed by atoms with Gasteiger partial charge in [0, 0.05) is 12.5 Å². The average Bonchev–Trinajstić information content (AvgIpc) is 2.88. The van der Waals surface area contributed by atoms with Gasteiger partial charge in [-0.05, 0) is 18.4 Å². The lowest BCUT2D eigenvalue weighted by Crippen LogP contribution is -2.66. The van der Waals surface area contributed by atoms with Crippen molar-refractivity contribution >= 4 is 12.1 Å². The van der Waals surface area contributed by atoms with E-state index in [1.54, 1.807) is 0 Å². The molecule has 1 aromatic rings. The molecule has 2 aliphatic rings. The molecule has 0 radical (unpaired) electrons. The van der Waals surface area contributed by atoms with Gasteiger partial charge in [-0.25, -0.2) is 4.79 Å². The highest BCUT2D eigenvalue weighted by Crippen LogP contribution is 2.48. The summed E-state index contributed by atoms with van der Waals surface area (Å²) in [6.07, 6.45) is 0.698. The van der Waals surface area contributed by atoms with E-state index in [4.69, 9.17) is 14.6 Å². The third kappa shape index (κ3) is 2.92. The van der Waals surface area contributed by atoms with Crippen LogP contribution in [0.3, 0.4) is 0 Å². The Morgan fingerprint density at radius 2 is 2.14 bits per heavy atom. The normalized spacial score (nSPS) is 29.3. The Labute approximate surface area is 128 Å². The van der Waals surface area contributed by atoms with E-state index in [1.165, 1.54) is 0 Å². The van der Waals surface area contributed by atoms with Crippen molar-refractivity contribution in [1.82, 2.24) is 5.32 Å². The van der Waals surface area contributed by atoms with Gasteiger partial charge in [0.05, 0.1) is 18.1 Å². The highest BCUT2D eigenvalue weighted by atomic mass is 16.5. The Kier molecular flexibility index (Phi) is 4.02. The number of benzene rings is 1. The highest BCUT2D eigenvalue weighted by molar-refractivity contribution is 5.73. The molecule has 3 atom stereocenters. The molecule has 3 rings (SSSR count). The van der Waals surface area contributed by atoms with Crippen LogP contribution >= 0.6 is 0 Å². The second-order valence-electron chi connectivity index (χ2n) is 5.92. The van der Waals surface area contributed by atoms with E-state index < -0.39 is 17.6 Å². The van der Waals surface area contributed by atoms with Crippen molar-refractivity contribution in [3.8, 4) is 0 Å². The summed E-state index contributed by atoms with van der Waals surface area (Å²) < 4.78 is 10.7. The monoisotopic (exact) mass is 305 g/mol. The number of carboxylic acids is 1. The molecule has 1 aromatic carbocycles. The molecule has 118 valence electrons. The molecule has 1 aliphatic carbocycles. The van der Waals surface area contributed by atoms with Crippen LogP contribution in [0.2, 0.25) is 0 Å². The number of carbonyl (C=O) groups is 2. The number of nitrogens with one attached hydrogen (secondary N) is 1. The summed E-state index contributed by atoms with van der Waals surface area (Å²) in [6.45, 7) is 0.790. The lowest BCUT2D eigenvalue weighted by molar-refractivity contribution is -0.143. The predicted octanol–water partition coefficient (Wildman–Crippen LogP) is 1.94. The zero-order valence-electron chi connectivity index (χ0n) is 12.2. The number of rotatable bonds is 5. The highest BCUT2D eigenvalue weighted by Gasteiger charge is 2.58. The topological polar surface area (TPSA) is 84.9 Å². The molecule has 1 aliphatic heterocycles. The number of carboxylic acid groups (broad SMARTS) is 1. The van der Waals surface area contributed by atoms with Crippen molar-refractivity contribution in [2.75, 3.05) is 6.61 Å². The maximum absolute atomic E-state index is 12.0. The molecule has 6 heteroatoms. The maximum Gasteiger partial charge on any atom is 0.407 e. The minimum atomic E-state index is -0.922. The van der Waals surface area contributed by atoms with Crippen LogP contribution in [0.15, 0.2) is 30.3 Å². The van der Waals surface area contributed by atoms with E-state index in [0.717, 1.165) is 12.0 Å². The van der Waals surface area contributed by atoms with Crippen LogP contribution in [0.1, 0.15) is 24.8 Å². The van der Waals surface area contributed by atoms with E-state index in [1.807, 2.05) is 30.3 Å². The van der Waals surface area contributed by atoms with Crippen molar-refractivity contribution in [1.29, 1.82) is 0 Å². The van der Waals surface area contributed by atoms with Crippen LogP contribution in [0.25, 0.3) is 0 Å². The molecule has 1 unspecified atom stereocenters. The molecule has 22 heavy (non-hydrogen) atoms. The molecule has 0 aromatic heterocycles. The van der Waals surface area contributed by atoms with Crippen molar-refractivity contribution in [2.45, 2.75) is 37.5 Å². The van der Waals surface area contributed by atoms with Gasteiger partial charge in [-0.2, -0.15) is 0 Å². The average molecular weight is 305 g/mol. The van der Waals surface area contributed by atoms with Gasteiger partial charge in [0.1, 0.15) is 6.61 Å². The lowest BCUT2D eigenvalue weighted by Gasteiger charge is -2.50. The van der Waals surface area contributed by atoms with Gasteiger partial charge < -0.3 is 19.9 Å². The fraction of sp³-hybridized carbons (Fsp3) is 0.500. The third-order valence-electron chi connectivity index (χ3n) is 4.52. The first-order valence-corrected chi connectivity index (χ1v) is 7.41. The van der Waals surface area contributed by atoms with Crippen LogP contribution in [-0.4, -0.2) is 35.4 Å². The summed E-state index contributed by atoms with van der Waals surface area (Å²) in [5, 5.41) is 11.9. The maximum atomic E-state index is 12.0. The van der Waals surface area contributed by atoms with Crippen LogP contribution in [-0.2, 0) is 20.9 Å². The number of hydrogen-bond donors (Lipinski definition) is 2. The zero-order chi connectivity index (χ0) is 15.6. The second-order valence-corrected chi connectivity index (χ2v) is 5.92. The number of aliphatic carboxylic acids is 1. The molecule has 2 fully saturated rings. The molecular formula is C16H19NO5. The Bertz CT molecular complexity index is 561. The summed E-state index contributed by atoms with van der Waals surface area (Å²) in [4.78, 5) is 23.2. The van der Waals surface area contributed by atoms with Crippen LogP contribution in [0.4, 0.5) is 4.79 Å². The van der Waals surface area contributed by atoms with Gasteiger partial charge >= 0.3 is 12.1 Å².